The molecule has 2 aliphatic rings. The minimum Gasteiger partial charge on any atom is -0.369 e. The van der Waals surface area contributed by atoms with Crippen LogP contribution in [0.25, 0.3) is 28.0 Å². The van der Waals surface area contributed by atoms with Gasteiger partial charge in [-0.05, 0) is 62.4 Å². The zero-order valence-corrected chi connectivity index (χ0v) is 22.8. The first-order valence-corrected chi connectivity index (χ1v) is 13.9. The lowest BCUT2D eigenvalue weighted by Crippen LogP contribution is -2.43. The fourth-order valence-electron chi connectivity index (χ4n) is 5.47. The third-order valence-corrected chi connectivity index (χ3v) is 7.74. The summed E-state index contributed by atoms with van der Waals surface area (Å²) in [4.78, 5) is 12.3. The van der Waals surface area contributed by atoms with E-state index in [4.69, 9.17) is 9.97 Å². The SMILES string of the molecule is C=C(Nc1nc2ccc(N3CCNCC3)cc2n1CC1CC1)c1cc(C)nc(-c2cnn(C)c2CCC)c1. The number of nitrogens with one attached hydrogen (secondary N) is 2. The van der Waals surface area contributed by atoms with Gasteiger partial charge in [0.1, 0.15) is 0 Å². The molecule has 1 saturated heterocycles. The highest BCUT2D eigenvalue weighted by molar-refractivity contribution is 5.85. The first-order valence-electron chi connectivity index (χ1n) is 13.9. The molecular formula is C30H38N8. The lowest BCUT2D eigenvalue weighted by molar-refractivity contribution is 0.589. The highest BCUT2D eigenvalue weighted by Gasteiger charge is 2.25. The summed E-state index contributed by atoms with van der Waals surface area (Å²) in [5, 5.41) is 11.5. The summed E-state index contributed by atoms with van der Waals surface area (Å²) in [6, 6.07) is 10.9. The van der Waals surface area contributed by atoms with E-state index in [9.17, 15) is 0 Å². The molecule has 4 aromatic rings. The molecule has 2 N–H and O–H groups in total. The molecule has 1 aliphatic carbocycles. The van der Waals surface area contributed by atoms with Gasteiger partial charge in [-0.25, -0.2) is 4.98 Å². The number of nitrogens with zero attached hydrogens (tertiary/aromatic N) is 6. The van der Waals surface area contributed by atoms with Crippen molar-refractivity contribution in [1.82, 2.24) is 29.6 Å². The van der Waals surface area contributed by atoms with Crippen molar-refractivity contribution >= 4 is 28.4 Å². The van der Waals surface area contributed by atoms with Crippen LogP contribution >= 0.6 is 0 Å². The first-order chi connectivity index (χ1) is 18.5. The van der Waals surface area contributed by atoms with Crippen molar-refractivity contribution in [3.05, 3.63) is 60.1 Å². The Morgan fingerprint density at radius 2 is 1.95 bits per heavy atom. The second-order valence-corrected chi connectivity index (χ2v) is 10.8. The van der Waals surface area contributed by atoms with Crippen molar-refractivity contribution in [3.63, 3.8) is 0 Å². The Bertz CT molecular complexity index is 1470. The number of aryl methyl sites for hydroxylation is 2. The average Bonchev–Trinajstić information content (AvgIpc) is 3.59. The smallest absolute Gasteiger partial charge is 0.208 e. The second kappa shape index (κ2) is 10.3. The van der Waals surface area contributed by atoms with E-state index in [0.29, 0.717) is 0 Å². The summed E-state index contributed by atoms with van der Waals surface area (Å²) in [7, 11) is 2.00. The van der Waals surface area contributed by atoms with Gasteiger partial charge in [-0.15, -0.1) is 0 Å². The van der Waals surface area contributed by atoms with E-state index in [1.165, 1.54) is 29.7 Å². The van der Waals surface area contributed by atoms with Crippen LogP contribution in [0.5, 0.6) is 0 Å². The monoisotopic (exact) mass is 510 g/mol. The van der Waals surface area contributed by atoms with E-state index >= 15 is 0 Å². The minimum atomic E-state index is 0.724. The Hall–Kier alpha value is -3.65. The van der Waals surface area contributed by atoms with E-state index in [-0.39, 0.29) is 0 Å². The number of imidazole rings is 1. The zero-order chi connectivity index (χ0) is 26.2. The van der Waals surface area contributed by atoms with Crippen LogP contribution in [0.3, 0.4) is 0 Å². The quantitative estimate of drug-likeness (QED) is 0.330. The molecule has 0 radical (unpaired) electrons. The van der Waals surface area contributed by atoms with Crippen LogP contribution in [0.1, 0.15) is 43.1 Å². The number of fused-ring (bicyclic) bond motifs is 1. The molecule has 2 fully saturated rings. The summed E-state index contributed by atoms with van der Waals surface area (Å²) < 4.78 is 4.32. The van der Waals surface area contributed by atoms with Crippen molar-refractivity contribution in [1.29, 1.82) is 0 Å². The molecular weight excluding hydrogens is 472 g/mol. The van der Waals surface area contributed by atoms with Gasteiger partial charge in [-0.2, -0.15) is 5.10 Å². The largest absolute Gasteiger partial charge is 0.369 e. The topological polar surface area (TPSA) is 75.8 Å². The fourth-order valence-corrected chi connectivity index (χ4v) is 5.47. The van der Waals surface area contributed by atoms with Crippen LogP contribution in [-0.2, 0) is 20.0 Å². The fraction of sp³-hybridized carbons (Fsp3) is 0.433. The Labute approximate surface area is 224 Å². The summed E-state index contributed by atoms with van der Waals surface area (Å²) in [5.74, 6) is 1.58. The highest BCUT2D eigenvalue weighted by Crippen LogP contribution is 2.35. The molecule has 1 aromatic carbocycles. The van der Waals surface area contributed by atoms with Gasteiger partial charge in [0.2, 0.25) is 5.95 Å². The van der Waals surface area contributed by atoms with E-state index < -0.39 is 0 Å². The van der Waals surface area contributed by atoms with Crippen LogP contribution in [0, 0.1) is 12.8 Å². The van der Waals surface area contributed by atoms with Crippen molar-refractivity contribution < 1.29 is 0 Å². The molecule has 6 rings (SSSR count). The standard InChI is InChI=1S/C30H38N8/c1-5-6-28-25(18-32-36(28)4)27-16-23(15-20(2)33-27)21(3)34-30-35-26-10-9-24(37-13-11-31-12-14-37)17-29(26)38(30)19-22-7-8-22/h9-10,15-18,22,31H,3,5-8,11-14,19H2,1-2,4H3,(H,34,35). The van der Waals surface area contributed by atoms with Gasteiger partial charge >= 0.3 is 0 Å². The van der Waals surface area contributed by atoms with Gasteiger partial charge in [0.15, 0.2) is 0 Å². The zero-order valence-electron chi connectivity index (χ0n) is 22.8. The molecule has 38 heavy (non-hydrogen) atoms. The van der Waals surface area contributed by atoms with Crippen molar-refractivity contribution in [2.45, 2.75) is 46.1 Å². The summed E-state index contributed by atoms with van der Waals surface area (Å²) in [5.41, 5.74) is 9.52. The molecule has 0 spiro atoms. The first kappa shape index (κ1) is 24.7. The summed E-state index contributed by atoms with van der Waals surface area (Å²) in [6.45, 7) is 13.8. The predicted molar refractivity (Wildman–Crippen MR) is 155 cm³/mol. The van der Waals surface area contributed by atoms with Crippen LogP contribution < -0.4 is 15.5 Å². The van der Waals surface area contributed by atoms with Crippen LogP contribution in [0.15, 0.2) is 43.1 Å². The molecule has 0 amide bonds. The van der Waals surface area contributed by atoms with Crippen molar-refractivity contribution in [2.24, 2.45) is 13.0 Å². The number of pyridine rings is 1. The van der Waals surface area contributed by atoms with E-state index in [1.54, 1.807) is 0 Å². The molecule has 0 bridgehead atoms. The Morgan fingerprint density at radius 3 is 2.71 bits per heavy atom. The maximum Gasteiger partial charge on any atom is 0.208 e. The van der Waals surface area contributed by atoms with Crippen LogP contribution in [0.2, 0.25) is 0 Å². The van der Waals surface area contributed by atoms with Gasteiger partial charge in [0.25, 0.3) is 0 Å². The Balaban J connectivity index is 1.32. The number of hydrogen-bond acceptors (Lipinski definition) is 6. The van der Waals surface area contributed by atoms with E-state index in [2.05, 4.69) is 69.0 Å². The highest BCUT2D eigenvalue weighted by atomic mass is 15.3. The number of piperazine rings is 1. The summed E-state index contributed by atoms with van der Waals surface area (Å²) >= 11 is 0. The molecule has 1 aliphatic heterocycles. The lowest BCUT2D eigenvalue weighted by atomic mass is 10.0. The summed E-state index contributed by atoms with van der Waals surface area (Å²) in [6.07, 6.45) is 6.53. The number of rotatable bonds is 9. The van der Waals surface area contributed by atoms with Gasteiger partial charge in [-0.3, -0.25) is 9.67 Å². The molecule has 8 heteroatoms. The Morgan fingerprint density at radius 1 is 1.13 bits per heavy atom. The molecule has 0 unspecified atom stereocenters. The van der Waals surface area contributed by atoms with E-state index in [0.717, 1.165) is 91.2 Å². The van der Waals surface area contributed by atoms with E-state index in [1.807, 2.05) is 24.9 Å². The molecule has 1 saturated carbocycles. The molecule has 0 atom stereocenters. The van der Waals surface area contributed by atoms with Crippen LogP contribution in [-0.4, -0.2) is 50.5 Å². The third kappa shape index (κ3) is 4.92. The molecule has 3 aromatic heterocycles. The Kier molecular flexibility index (Phi) is 6.66. The molecule has 8 nitrogen and oxygen atoms in total. The average molecular weight is 511 g/mol. The normalized spacial score (nSPS) is 15.8. The van der Waals surface area contributed by atoms with Gasteiger partial charge in [-0.1, -0.05) is 19.9 Å². The van der Waals surface area contributed by atoms with Gasteiger partial charge in [0, 0.05) is 73.7 Å². The maximum atomic E-state index is 5.02. The number of hydrogen-bond donors (Lipinski definition) is 2. The number of anilines is 2. The molecule has 4 heterocycles. The van der Waals surface area contributed by atoms with Gasteiger partial charge in [0.05, 0.1) is 22.9 Å². The third-order valence-electron chi connectivity index (χ3n) is 7.74. The van der Waals surface area contributed by atoms with Crippen molar-refractivity contribution in [3.8, 4) is 11.3 Å². The number of benzene rings is 1. The second-order valence-electron chi connectivity index (χ2n) is 10.8. The predicted octanol–water partition coefficient (Wildman–Crippen LogP) is 5.00. The van der Waals surface area contributed by atoms with Crippen molar-refractivity contribution in [2.75, 3.05) is 36.4 Å². The maximum absolute atomic E-state index is 5.02. The van der Waals surface area contributed by atoms with Crippen LogP contribution in [0.4, 0.5) is 11.6 Å². The van der Waals surface area contributed by atoms with Gasteiger partial charge < -0.3 is 20.1 Å². The number of aromatic nitrogens is 5. The minimum absolute atomic E-state index is 0.724. The lowest BCUT2D eigenvalue weighted by Gasteiger charge is -2.29. The molecule has 198 valence electrons.